The monoisotopic (exact) mass is 430 g/mol. The average molecular weight is 430 g/mol. The van der Waals surface area contributed by atoms with Gasteiger partial charge in [0.25, 0.3) is 5.91 Å². The first-order chi connectivity index (χ1) is 14.7. The van der Waals surface area contributed by atoms with E-state index in [4.69, 9.17) is 5.73 Å². The minimum atomic E-state index is -4.83. The van der Waals surface area contributed by atoms with Gasteiger partial charge in [-0.15, -0.1) is 13.2 Å². The molecule has 1 aliphatic heterocycles. The number of imide groups is 1. The van der Waals surface area contributed by atoms with Crippen molar-refractivity contribution >= 4 is 34.2 Å². The summed E-state index contributed by atoms with van der Waals surface area (Å²) in [6.07, 6.45) is -3.33. The van der Waals surface area contributed by atoms with Gasteiger partial charge in [-0.3, -0.25) is 9.78 Å². The Hall–Kier alpha value is -3.82. The molecule has 1 saturated heterocycles. The van der Waals surface area contributed by atoms with Crippen LogP contribution >= 0.6 is 0 Å². The number of nitrogens with two attached hydrogens (primary N) is 1. The van der Waals surface area contributed by atoms with Crippen molar-refractivity contribution in [2.24, 2.45) is 0 Å². The Morgan fingerprint density at radius 3 is 2.45 bits per heavy atom. The lowest BCUT2D eigenvalue weighted by Gasteiger charge is -2.21. The number of carbonyl (C=O) groups excluding carboxylic acids is 2. The highest BCUT2D eigenvalue weighted by Gasteiger charge is 2.43. The third-order valence-electron chi connectivity index (χ3n) is 5.06. The fraction of sp³-hybridized carbons (Fsp3) is 0.190. The number of benzene rings is 2. The molecule has 31 heavy (non-hydrogen) atoms. The van der Waals surface area contributed by atoms with Gasteiger partial charge in [0.15, 0.2) is 0 Å². The molecule has 7 nitrogen and oxygen atoms in total. The molecule has 1 aromatic heterocycles. The van der Waals surface area contributed by atoms with Crippen molar-refractivity contribution in [1.29, 1.82) is 0 Å². The summed E-state index contributed by atoms with van der Waals surface area (Å²) in [7, 11) is 0. The smallest absolute Gasteiger partial charge is 0.406 e. The molecular formula is C21H17F3N4O3. The second-order valence-electron chi connectivity index (χ2n) is 7.01. The van der Waals surface area contributed by atoms with Crippen LogP contribution in [0.3, 0.4) is 0 Å². The summed E-state index contributed by atoms with van der Waals surface area (Å²) in [4.78, 5) is 32.4. The summed E-state index contributed by atoms with van der Waals surface area (Å²) in [6, 6.07) is 10.5. The Bertz CT molecular complexity index is 1160. The van der Waals surface area contributed by atoms with Crippen molar-refractivity contribution in [1.82, 2.24) is 9.88 Å². The standard InChI is InChI=1S/C21H17F3N4O3/c1-12-19(29)28(13-6-8-14(9-7-13)31-21(22,23)24)20(30)27(12)11-16-15-4-2-3-5-18(15)26-10-17(16)25/h2-10,12H,11,25H2,1H3. The number of amides is 3. The Morgan fingerprint density at radius 2 is 1.77 bits per heavy atom. The number of aromatic nitrogens is 1. The van der Waals surface area contributed by atoms with Crippen molar-refractivity contribution in [3.8, 4) is 5.75 Å². The maximum atomic E-state index is 13.1. The molecule has 1 unspecified atom stereocenters. The fourth-order valence-corrected chi connectivity index (χ4v) is 3.51. The summed E-state index contributed by atoms with van der Waals surface area (Å²) in [5.74, 6) is -0.942. The largest absolute Gasteiger partial charge is 0.573 e. The zero-order valence-electron chi connectivity index (χ0n) is 16.3. The van der Waals surface area contributed by atoms with E-state index >= 15 is 0 Å². The van der Waals surface area contributed by atoms with Gasteiger partial charge in [0.1, 0.15) is 11.8 Å². The molecule has 1 fully saturated rings. The maximum absolute atomic E-state index is 13.1. The number of ether oxygens (including phenoxy) is 1. The Labute approximate surface area is 174 Å². The van der Waals surface area contributed by atoms with Crippen molar-refractivity contribution in [3.63, 3.8) is 0 Å². The number of nitrogen functional groups attached to an aromatic ring is 1. The molecule has 10 heteroatoms. The van der Waals surface area contributed by atoms with E-state index < -0.39 is 30.1 Å². The summed E-state index contributed by atoms with van der Waals surface area (Å²) >= 11 is 0. The molecular weight excluding hydrogens is 413 g/mol. The third kappa shape index (κ3) is 3.83. The van der Waals surface area contributed by atoms with Crippen LogP contribution < -0.4 is 15.4 Å². The van der Waals surface area contributed by atoms with E-state index in [1.807, 2.05) is 24.3 Å². The van der Waals surface area contributed by atoms with Gasteiger partial charge in [-0.05, 0) is 37.3 Å². The fourth-order valence-electron chi connectivity index (χ4n) is 3.51. The molecule has 160 valence electrons. The zero-order valence-corrected chi connectivity index (χ0v) is 16.3. The summed E-state index contributed by atoms with van der Waals surface area (Å²) in [5.41, 5.74) is 8.00. The highest BCUT2D eigenvalue weighted by atomic mass is 19.4. The molecule has 0 bridgehead atoms. The number of halogens is 3. The first-order valence-corrected chi connectivity index (χ1v) is 9.28. The molecule has 2 N–H and O–H groups in total. The zero-order chi connectivity index (χ0) is 22.3. The number of nitrogens with zero attached hydrogens (tertiary/aromatic N) is 3. The Morgan fingerprint density at radius 1 is 1.10 bits per heavy atom. The second-order valence-corrected chi connectivity index (χ2v) is 7.01. The molecule has 0 spiro atoms. The van der Waals surface area contributed by atoms with E-state index in [1.54, 1.807) is 6.92 Å². The quantitative estimate of drug-likeness (QED) is 0.631. The highest BCUT2D eigenvalue weighted by Crippen LogP contribution is 2.32. The molecule has 0 radical (unpaired) electrons. The summed E-state index contributed by atoms with van der Waals surface area (Å²) in [5, 5.41) is 0.766. The predicted octanol–water partition coefficient (Wildman–Crippen LogP) is 4.07. The molecule has 2 heterocycles. The number of pyridine rings is 1. The third-order valence-corrected chi connectivity index (χ3v) is 5.06. The van der Waals surface area contributed by atoms with Crippen LogP contribution in [0.2, 0.25) is 0 Å². The van der Waals surface area contributed by atoms with Gasteiger partial charge >= 0.3 is 12.4 Å². The number of urea groups is 1. The minimum Gasteiger partial charge on any atom is -0.406 e. The van der Waals surface area contributed by atoms with Crippen LogP contribution in [0.5, 0.6) is 5.75 Å². The molecule has 1 atom stereocenters. The molecule has 0 aliphatic carbocycles. The summed E-state index contributed by atoms with van der Waals surface area (Å²) in [6.45, 7) is 1.66. The molecule has 1 aliphatic rings. The lowest BCUT2D eigenvalue weighted by molar-refractivity contribution is -0.274. The normalized spacial score (nSPS) is 17.0. The van der Waals surface area contributed by atoms with Crippen LogP contribution in [-0.2, 0) is 11.3 Å². The van der Waals surface area contributed by atoms with Crippen LogP contribution in [0.4, 0.5) is 29.3 Å². The number of hydrogen-bond acceptors (Lipinski definition) is 5. The number of hydrogen-bond donors (Lipinski definition) is 1. The first-order valence-electron chi connectivity index (χ1n) is 9.28. The topological polar surface area (TPSA) is 88.8 Å². The van der Waals surface area contributed by atoms with E-state index in [0.29, 0.717) is 16.8 Å². The van der Waals surface area contributed by atoms with E-state index in [-0.39, 0.29) is 12.2 Å². The maximum Gasteiger partial charge on any atom is 0.573 e. The van der Waals surface area contributed by atoms with Crippen molar-refractivity contribution < 1.29 is 27.5 Å². The molecule has 0 saturated carbocycles. The van der Waals surface area contributed by atoms with Crippen LogP contribution in [0.25, 0.3) is 10.9 Å². The minimum absolute atomic E-state index is 0.0758. The molecule has 3 amide bonds. The number of fused-ring (bicyclic) bond motifs is 1. The van der Waals surface area contributed by atoms with E-state index in [0.717, 1.165) is 22.4 Å². The van der Waals surface area contributed by atoms with Crippen LogP contribution in [-0.4, -0.2) is 34.2 Å². The SMILES string of the molecule is CC1C(=O)N(c2ccc(OC(F)(F)F)cc2)C(=O)N1Cc1c(N)cnc2ccccc12. The van der Waals surface area contributed by atoms with Gasteiger partial charge in [0, 0.05) is 10.9 Å². The van der Waals surface area contributed by atoms with Crippen molar-refractivity contribution in [2.75, 3.05) is 10.6 Å². The molecule has 2 aromatic carbocycles. The van der Waals surface area contributed by atoms with Gasteiger partial charge in [0.2, 0.25) is 0 Å². The van der Waals surface area contributed by atoms with Gasteiger partial charge < -0.3 is 15.4 Å². The Kier molecular flexibility index (Phi) is 4.92. The van der Waals surface area contributed by atoms with Crippen molar-refractivity contribution in [3.05, 3.63) is 60.3 Å². The molecule has 4 rings (SSSR count). The summed E-state index contributed by atoms with van der Waals surface area (Å²) < 4.78 is 40.9. The van der Waals surface area contributed by atoms with Crippen LogP contribution in [0.15, 0.2) is 54.7 Å². The van der Waals surface area contributed by atoms with Crippen LogP contribution in [0, 0.1) is 0 Å². The lowest BCUT2D eigenvalue weighted by Crippen LogP contribution is -2.33. The number of rotatable bonds is 4. The van der Waals surface area contributed by atoms with E-state index in [9.17, 15) is 22.8 Å². The van der Waals surface area contributed by atoms with Gasteiger partial charge in [0.05, 0.1) is 29.6 Å². The van der Waals surface area contributed by atoms with Gasteiger partial charge in [-0.1, -0.05) is 18.2 Å². The number of carbonyl (C=O) groups is 2. The number of anilines is 2. The van der Waals surface area contributed by atoms with E-state index in [1.165, 1.54) is 23.2 Å². The number of alkyl halides is 3. The molecule has 3 aromatic rings. The lowest BCUT2D eigenvalue weighted by atomic mass is 10.1. The van der Waals surface area contributed by atoms with E-state index in [2.05, 4.69) is 9.72 Å². The second kappa shape index (κ2) is 7.46. The highest BCUT2D eigenvalue weighted by molar-refractivity contribution is 6.21. The van der Waals surface area contributed by atoms with Gasteiger partial charge in [-0.25, -0.2) is 9.69 Å². The Balaban J connectivity index is 1.62. The first kappa shape index (κ1) is 20.5. The van der Waals surface area contributed by atoms with Crippen molar-refractivity contribution in [2.45, 2.75) is 25.9 Å². The average Bonchev–Trinajstić information content (AvgIpc) is 2.93. The van der Waals surface area contributed by atoms with Crippen LogP contribution in [0.1, 0.15) is 12.5 Å². The predicted molar refractivity (Wildman–Crippen MR) is 107 cm³/mol. The number of para-hydroxylation sites is 1. The van der Waals surface area contributed by atoms with Gasteiger partial charge in [-0.2, -0.15) is 0 Å².